The zero-order chi connectivity index (χ0) is 17.4. The molecule has 0 saturated carbocycles. The molecule has 2 saturated heterocycles. The van der Waals surface area contributed by atoms with Gasteiger partial charge in [0.2, 0.25) is 5.91 Å². The number of fused-ring (bicyclic) bond motifs is 1. The van der Waals surface area contributed by atoms with Gasteiger partial charge in [-0.15, -0.1) is 0 Å². The summed E-state index contributed by atoms with van der Waals surface area (Å²) in [5.41, 5.74) is 0.557. The van der Waals surface area contributed by atoms with Gasteiger partial charge in [-0.1, -0.05) is 23.4 Å². The second kappa shape index (κ2) is 6.24. The fourth-order valence-electron chi connectivity index (χ4n) is 4.15. The second-order valence-corrected chi connectivity index (χ2v) is 7.22. The maximum Gasteiger partial charge on any atom is 0.257 e. The van der Waals surface area contributed by atoms with Crippen LogP contribution in [0.2, 0.25) is 0 Å². The Morgan fingerprint density at radius 2 is 2.24 bits per heavy atom. The smallest absolute Gasteiger partial charge is 0.257 e. The Hall–Kier alpha value is -2.25. The van der Waals surface area contributed by atoms with Gasteiger partial charge >= 0.3 is 0 Å². The van der Waals surface area contributed by atoms with Crippen LogP contribution in [-0.2, 0) is 11.3 Å². The summed E-state index contributed by atoms with van der Waals surface area (Å²) in [5.74, 6) is 1.55. The zero-order valence-corrected chi connectivity index (χ0v) is 14.6. The van der Waals surface area contributed by atoms with Crippen LogP contribution in [0.4, 0.5) is 0 Å². The van der Waals surface area contributed by atoms with Crippen LogP contribution in [0.15, 0.2) is 34.9 Å². The molecule has 1 aromatic carbocycles. The monoisotopic (exact) mass is 341 g/mol. The quantitative estimate of drug-likeness (QED) is 0.889. The van der Waals surface area contributed by atoms with Crippen LogP contribution in [0, 0.1) is 11.3 Å². The van der Waals surface area contributed by atoms with Crippen molar-refractivity contribution in [1.82, 2.24) is 25.3 Å². The van der Waals surface area contributed by atoms with Crippen molar-refractivity contribution >= 4 is 5.91 Å². The summed E-state index contributed by atoms with van der Waals surface area (Å²) in [7, 11) is 3.90. The summed E-state index contributed by atoms with van der Waals surface area (Å²) < 4.78 is 5.34. The van der Waals surface area contributed by atoms with Crippen molar-refractivity contribution in [3.63, 3.8) is 0 Å². The molecule has 1 N–H and O–H groups in total. The molecule has 0 unspecified atom stereocenters. The van der Waals surface area contributed by atoms with Crippen molar-refractivity contribution in [2.45, 2.75) is 6.54 Å². The molecule has 2 atom stereocenters. The van der Waals surface area contributed by atoms with Gasteiger partial charge in [-0.05, 0) is 19.2 Å². The number of carbonyl (C=O) groups excluding carboxylic acids is 1. The first-order valence-corrected chi connectivity index (χ1v) is 8.61. The number of aromatic nitrogens is 2. The molecule has 25 heavy (non-hydrogen) atoms. The van der Waals surface area contributed by atoms with Gasteiger partial charge in [-0.3, -0.25) is 4.79 Å². The SMILES string of the molecule is CN1C[C@H]2CNC[C@@]2(C(=O)N(C)Cc2noc(-c3ccccc3)n2)C1. The Balaban J connectivity index is 1.48. The second-order valence-electron chi connectivity index (χ2n) is 7.22. The van der Waals surface area contributed by atoms with E-state index in [0.717, 1.165) is 31.7 Å². The third-order valence-corrected chi connectivity index (χ3v) is 5.34. The summed E-state index contributed by atoms with van der Waals surface area (Å²) in [4.78, 5) is 21.6. The van der Waals surface area contributed by atoms with Crippen LogP contribution in [0.5, 0.6) is 0 Å². The van der Waals surface area contributed by atoms with Crippen LogP contribution in [0.25, 0.3) is 11.5 Å². The molecule has 0 aliphatic carbocycles. The van der Waals surface area contributed by atoms with E-state index in [0.29, 0.717) is 24.2 Å². The van der Waals surface area contributed by atoms with Gasteiger partial charge in [-0.25, -0.2) is 0 Å². The molecule has 7 heteroatoms. The molecule has 132 valence electrons. The molecule has 2 aliphatic heterocycles. The van der Waals surface area contributed by atoms with E-state index in [1.165, 1.54) is 0 Å². The first kappa shape index (κ1) is 16.2. The van der Waals surface area contributed by atoms with Gasteiger partial charge in [0.1, 0.15) is 0 Å². The van der Waals surface area contributed by atoms with Gasteiger partial charge in [-0.2, -0.15) is 4.98 Å². The van der Waals surface area contributed by atoms with E-state index < -0.39 is 0 Å². The van der Waals surface area contributed by atoms with Crippen molar-refractivity contribution in [2.24, 2.45) is 11.3 Å². The maximum atomic E-state index is 13.1. The number of likely N-dealkylation sites (tertiary alicyclic amines) is 1. The van der Waals surface area contributed by atoms with Crippen molar-refractivity contribution in [3.8, 4) is 11.5 Å². The van der Waals surface area contributed by atoms with E-state index >= 15 is 0 Å². The lowest BCUT2D eigenvalue weighted by Crippen LogP contribution is -2.47. The highest BCUT2D eigenvalue weighted by Gasteiger charge is 2.54. The Kier molecular flexibility index (Phi) is 4.05. The van der Waals surface area contributed by atoms with Crippen LogP contribution < -0.4 is 5.32 Å². The highest BCUT2D eigenvalue weighted by Crippen LogP contribution is 2.39. The molecule has 3 heterocycles. The molecule has 0 bridgehead atoms. The van der Waals surface area contributed by atoms with Crippen molar-refractivity contribution < 1.29 is 9.32 Å². The lowest BCUT2D eigenvalue weighted by molar-refractivity contribution is -0.141. The minimum absolute atomic E-state index is 0.165. The number of amides is 1. The molecule has 2 aliphatic rings. The number of rotatable bonds is 4. The lowest BCUT2D eigenvalue weighted by atomic mass is 9.79. The van der Waals surface area contributed by atoms with Gasteiger partial charge in [0, 0.05) is 44.7 Å². The molecular formula is C18H23N5O2. The number of nitrogens with zero attached hydrogens (tertiary/aromatic N) is 4. The standard InChI is InChI=1S/C18H23N5O2/c1-22-9-14-8-19-11-18(14,12-22)17(24)23(2)10-15-20-16(25-21-15)13-6-4-3-5-7-13/h3-7,14,19H,8-12H2,1-2H3/t14-,18-/m1/s1. The summed E-state index contributed by atoms with van der Waals surface area (Å²) in [6.45, 7) is 3.77. The third kappa shape index (κ3) is 2.83. The predicted octanol–water partition coefficient (Wildman–Crippen LogP) is 0.846. The maximum absolute atomic E-state index is 13.1. The first-order valence-electron chi connectivity index (χ1n) is 8.61. The van der Waals surface area contributed by atoms with Crippen LogP contribution in [0.3, 0.4) is 0 Å². The summed E-state index contributed by atoms with van der Waals surface area (Å²) in [6, 6.07) is 9.65. The average molecular weight is 341 g/mol. The minimum atomic E-state index is -0.324. The van der Waals surface area contributed by atoms with Gasteiger partial charge in [0.25, 0.3) is 5.89 Å². The Morgan fingerprint density at radius 3 is 3.04 bits per heavy atom. The fourth-order valence-corrected chi connectivity index (χ4v) is 4.15. The van der Waals surface area contributed by atoms with Gasteiger partial charge in [0.05, 0.1) is 12.0 Å². The van der Waals surface area contributed by atoms with Crippen molar-refractivity contribution in [1.29, 1.82) is 0 Å². The van der Waals surface area contributed by atoms with Gasteiger partial charge < -0.3 is 19.6 Å². The zero-order valence-electron chi connectivity index (χ0n) is 14.6. The number of benzene rings is 1. The van der Waals surface area contributed by atoms with Crippen LogP contribution >= 0.6 is 0 Å². The highest BCUT2D eigenvalue weighted by molar-refractivity contribution is 5.84. The normalized spacial score (nSPS) is 25.9. The average Bonchev–Trinajstić information content (AvgIpc) is 3.29. The number of hydrogen-bond donors (Lipinski definition) is 1. The van der Waals surface area contributed by atoms with Crippen molar-refractivity contribution in [3.05, 3.63) is 36.2 Å². The van der Waals surface area contributed by atoms with Crippen LogP contribution in [0.1, 0.15) is 5.82 Å². The Morgan fingerprint density at radius 1 is 1.44 bits per heavy atom. The lowest BCUT2D eigenvalue weighted by Gasteiger charge is -2.31. The molecule has 2 aromatic rings. The van der Waals surface area contributed by atoms with E-state index in [2.05, 4.69) is 27.4 Å². The van der Waals surface area contributed by atoms with E-state index in [9.17, 15) is 4.79 Å². The summed E-state index contributed by atoms with van der Waals surface area (Å²) in [6.07, 6.45) is 0. The first-order chi connectivity index (χ1) is 12.1. The Bertz CT molecular complexity index is 762. The molecule has 2 fully saturated rings. The molecule has 0 radical (unpaired) electrons. The molecular weight excluding hydrogens is 318 g/mol. The van der Waals surface area contributed by atoms with Crippen molar-refractivity contribution in [2.75, 3.05) is 40.3 Å². The molecule has 7 nitrogen and oxygen atoms in total. The van der Waals surface area contributed by atoms with E-state index in [1.54, 1.807) is 4.90 Å². The fraction of sp³-hybridized carbons (Fsp3) is 0.500. The topological polar surface area (TPSA) is 74.5 Å². The number of nitrogens with one attached hydrogen (secondary N) is 1. The summed E-state index contributed by atoms with van der Waals surface area (Å²) >= 11 is 0. The third-order valence-electron chi connectivity index (χ3n) is 5.34. The minimum Gasteiger partial charge on any atom is -0.337 e. The molecule has 0 spiro atoms. The van der Waals surface area contributed by atoms with E-state index in [4.69, 9.17) is 4.52 Å². The molecule has 1 aromatic heterocycles. The largest absolute Gasteiger partial charge is 0.337 e. The van der Waals surface area contributed by atoms with E-state index in [1.807, 2.05) is 37.4 Å². The predicted molar refractivity (Wildman–Crippen MR) is 92.5 cm³/mol. The van der Waals surface area contributed by atoms with E-state index in [-0.39, 0.29) is 11.3 Å². The van der Waals surface area contributed by atoms with Crippen LogP contribution in [-0.4, -0.2) is 66.1 Å². The Labute approximate surface area is 147 Å². The highest BCUT2D eigenvalue weighted by atomic mass is 16.5. The number of carbonyl (C=O) groups is 1. The molecule has 1 amide bonds. The summed E-state index contributed by atoms with van der Waals surface area (Å²) in [5, 5.41) is 7.42. The van der Waals surface area contributed by atoms with Gasteiger partial charge in [0.15, 0.2) is 5.82 Å². The molecule has 4 rings (SSSR count). The number of hydrogen-bond acceptors (Lipinski definition) is 6.